The van der Waals surface area contributed by atoms with Crippen molar-refractivity contribution in [2.24, 2.45) is 5.41 Å². The van der Waals surface area contributed by atoms with Gasteiger partial charge >= 0.3 is 0 Å². The molecular weight excluding hydrogens is 434 g/mol. The maximum atomic E-state index is 12.6. The highest BCUT2D eigenvalue weighted by molar-refractivity contribution is 6.74. The summed E-state index contributed by atoms with van der Waals surface area (Å²) in [5.41, 5.74) is 2.23. The van der Waals surface area contributed by atoms with Crippen molar-refractivity contribution in [2.75, 3.05) is 0 Å². The Kier molecular flexibility index (Phi) is 6.94. The summed E-state index contributed by atoms with van der Waals surface area (Å²) >= 11 is 0. The summed E-state index contributed by atoms with van der Waals surface area (Å²) in [7, 11) is -1.95. The zero-order valence-corrected chi connectivity index (χ0v) is 22.8. The molecule has 1 aliphatic heterocycles. The molecule has 0 unspecified atom stereocenters. The molecule has 4 rings (SSSR count). The number of likely N-dealkylation sites (tertiary alicyclic amines) is 1. The quantitative estimate of drug-likeness (QED) is 0.315. The van der Waals surface area contributed by atoms with E-state index in [0.717, 1.165) is 31.4 Å². The molecule has 0 bridgehead atoms. The lowest BCUT2D eigenvalue weighted by molar-refractivity contribution is -0.120. The van der Waals surface area contributed by atoms with E-state index in [1.54, 1.807) is 0 Å². The van der Waals surface area contributed by atoms with Gasteiger partial charge in [-0.2, -0.15) is 0 Å². The Bertz CT molecular complexity index is 964. The number of rotatable bonds is 6. The largest absolute Gasteiger partial charge is 0.547 e. The van der Waals surface area contributed by atoms with Gasteiger partial charge in [-0.05, 0) is 54.6 Å². The van der Waals surface area contributed by atoms with Crippen LogP contribution >= 0.6 is 0 Å². The second-order valence-corrected chi connectivity index (χ2v) is 16.7. The minimum Gasteiger partial charge on any atom is -0.547 e. The van der Waals surface area contributed by atoms with Crippen molar-refractivity contribution in [1.82, 2.24) is 4.90 Å². The van der Waals surface area contributed by atoms with E-state index in [1.807, 2.05) is 0 Å². The molecule has 1 fully saturated rings. The van der Waals surface area contributed by atoms with Crippen LogP contribution in [0.5, 0.6) is 0 Å². The van der Waals surface area contributed by atoms with Crippen molar-refractivity contribution < 1.29 is 9.22 Å². The van der Waals surface area contributed by atoms with Gasteiger partial charge in [0.25, 0.3) is 0 Å². The van der Waals surface area contributed by atoms with Gasteiger partial charge in [0, 0.05) is 30.0 Å². The second-order valence-electron chi connectivity index (χ2n) is 11.9. The first kappa shape index (κ1) is 24.9. The monoisotopic (exact) mass is 475 g/mol. The Balaban J connectivity index is 1.79. The second kappa shape index (κ2) is 9.47. The molecule has 4 heteroatoms. The number of carbonyl (C=O) groups is 1. The van der Waals surface area contributed by atoms with Crippen LogP contribution in [-0.4, -0.2) is 25.5 Å². The van der Waals surface area contributed by atoms with Crippen LogP contribution in [-0.2, 0) is 9.22 Å². The van der Waals surface area contributed by atoms with Crippen LogP contribution in [0.15, 0.2) is 72.5 Å². The summed E-state index contributed by atoms with van der Waals surface area (Å²) in [6.07, 6.45) is 7.34. The molecule has 3 nitrogen and oxygen atoms in total. The van der Waals surface area contributed by atoms with Gasteiger partial charge in [-0.15, -0.1) is 0 Å². The third-order valence-electron chi connectivity index (χ3n) is 8.51. The maximum absolute atomic E-state index is 12.6. The molecule has 0 spiro atoms. The Morgan fingerprint density at radius 3 is 1.88 bits per heavy atom. The zero-order chi connectivity index (χ0) is 24.6. The van der Waals surface area contributed by atoms with Gasteiger partial charge in [-0.1, -0.05) is 88.4 Å². The van der Waals surface area contributed by atoms with Gasteiger partial charge in [0.2, 0.25) is 8.32 Å². The summed E-state index contributed by atoms with van der Waals surface area (Å²) < 4.78 is 6.81. The molecule has 0 amide bonds. The smallest absolute Gasteiger partial charge is 0.250 e. The van der Waals surface area contributed by atoms with Gasteiger partial charge in [-0.3, -0.25) is 4.90 Å². The molecule has 4 atom stereocenters. The van der Waals surface area contributed by atoms with Gasteiger partial charge in [0.1, 0.15) is 6.29 Å². The number of hydrogen-bond donors (Lipinski definition) is 0. The van der Waals surface area contributed by atoms with Gasteiger partial charge in [0.15, 0.2) is 0 Å². The first-order valence-electron chi connectivity index (χ1n) is 12.8. The summed E-state index contributed by atoms with van der Waals surface area (Å²) in [6, 6.07) is 22.2. The SMILES string of the molecule is CC(C)(C)[Si](C)(C)OC1=C[C@@H](N2[C@@H](c3ccccc3)CC[C@@H]2c2ccccc2)[C@@](C)(C=O)CC1. The normalized spacial score (nSPS) is 28.4. The summed E-state index contributed by atoms with van der Waals surface area (Å²) in [4.78, 5) is 15.2. The molecule has 2 aliphatic rings. The van der Waals surface area contributed by atoms with E-state index >= 15 is 0 Å². The predicted molar refractivity (Wildman–Crippen MR) is 143 cm³/mol. The predicted octanol–water partition coefficient (Wildman–Crippen LogP) is 7.84. The van der Waals surface area contributed by atoms with E-state index < -0.39 is 13.7 Å². The Morgan fingerprint density at radius 1 is 0.941 bits per heavy atom. The molecule has 0 N–H and O–H groups in total. The van der Waals surface area contributed by atoms with Crippen molar-refractivity contribution in [3.8, 4) is 0 Å². The van der Waals surface area contributed by atoms with E-state index in [9.17, 15) is 4.79 Å². The number of benzene rings is 2. The van der Waals surface area contributed by atoms with Crippen LogP contribution in [0, 0.1) is 5.41 Å². The highest BCUT2D eigenvalue weighted by Crippen LogP contribution is 2.51. The lowest BCUT2D eigenvalue weighted by Gasteiger charge is -2.47. The zero-order valence-electron chi connectivity index (χ0n) is 21.8. The van der Waals surface area contributed by atoms with Crippen LogP contribution in [0.2, 0.25) is 18.1 Å². The molecule has 182 valence electrons. The average molecular weight is 476 g/mol. The first-order chi connectivity index (χ1) is 16.1. The topological polar surface area (TPSA) is 29.5 Å². The van der Waals surface area contributed by atoms with Crippen LogP contribution in [0.1, 0.15) is 76.6 Å². The number of allylic oxidation sites excluding steroid dienone is 1. The van der Waals surface area contributed by atoms with Crippen molar-refractivity contribution >= 4 is 14.6 Å². The molecule has 1 saturated heterocycles. The highest BCUT2D eigenvalue weighted by atomic mass is 28.4. The van der Waals surface area contributed by atoms with Gasteiger partial charge in [0.05, 0.1) is 5.76 Å². The Hall–Kier alpha value is -2.17. The molecule has 0 saturated carbocycles. The molecular formula is C30H41NO2Si. The van der Waals surface area contributed by atoms with Crippen molar-refractivity contribution in [3.63, 3.8) is 0 Å². The standard InChI is InChI=1S/C30H41NO2Si/c1-29(2,3)34(5,6)33-25-19-20-30(4,22-32)28(21-25)31-26(23-13-9-7-10-14-23)17-18-27(31)24-15-11-8-12-16-24/h7-16,21-22,26-28H,17-20H2,1-6H3/t26-,27-,28-,30-/m1/s1. The fourth-order valence-corrected chi connectivity index (χ4v) is 6.49. The summed E-state index contributed by atoms with van der Waals surface area (Å²) in [5.74, 6) is 1.08. The molecule has 1 aliphatic carbocycles. The fourth-order valence-electron chi connectivity index (χ4n) is 5.36. The highest BCUT2D eigenvalue weighted by Gasteiger charge is 2.49. The molecule has 2 aromatic rings. The van der Waals surface area contributed by atoms with Crippen LogP contribution in [0.4, 0.5) is 0 Å². The van der Waals surface area contributed by atoms with Crippen molar-refractivity contribution in [1.29, 1.82) is 0 Å². The Morgan fingerprint density at radius 2 is 1.44 bits per heavy atom. The lowest BCUT2D eigenvalue weighted by Crippen LogP contribution is -2.50. The molecule has 0 aromatic heterocycles. The number of aldehydes is 1. The fraction of sp³-hybridized carbons (Fsp3) is 0.500. The van der Waals surface area contributed by atoms with Crippen LogP contribution < -0.4 is 0 Å². The van der Waals surface area contributed by atoms with E-state index in [0.29, 0.717) is 0 Å². The average Bonchev–Trinajstić information content (AvgIpc) is 3.25. The number of hydrogen-bond acceptors (Lipinski definition) is 3. The molecule has 1 heterocycles. The lowest BCUT2D eigenvalue weighted by atomic mass is 9.74. The van der Waals surface area contributed by atoms with Crippen molar-refractivity contribution in [3.05, 3.63) is 83.6 Å². The first-order valence-corrected chi connectivity index (χ1v) is 15.7. The summed E-state index contributed by atoms with van der Waals surface area (Å²) in [6.45, 7) is 13.6. The molecule has 34 heavy (non-hydrogen) atoms. The molecule has 0 radical (unpaired) electrons. The molecule has 2 aromatic carbocycles. The van der Waals surface area contributed by atoms with E-state index in [2.05, 4.69) is 112 Å². The maximum Gasteiger partial charge on any atom is 0.250 e. The number of nitrogens with zero attached hydrogens (tertiary/aromatic N) is 1. The third-order valence-corrected chi connectivity index (χ3v) is 12.9. The van der Waals surface area contributed by atoms with E-state index in [4.69, 9.17) is 4.43 Å². The third kappa shape index (κ3) is 4.80. The van der Waals surface area contributed by atoms with Crippen molar-refractivity contribution in [2.45, 2.75) is 89.6 Å². The van der Waals surface area contributed by atoms with E-state index in [1.165, 1.54) is 17.4 Å². The van der Waals surface area contributed by atoms with Gasteiger partial charge in [-0.25, -0.2) is 0 Å². The Labute approximate surface area is 207 Å². The van der Waals surface area contributed by atoms with E-state index in [-0.39, 0.29) is 23.2 Å². The van der Waals surface area contributed by atoms with Gasteiger partial charge < -0.3 is 9.22 Å². The van der Waals surface area contributed by atoms with Crippen LogP contribution in [0.3, 0.4) is 0 Å². The van der Waals surface area contributed by atoms with Crippen LogP contribution in [0.25, 0.3) is 0 Å². The minimum atomic E-state index is -1.95. The minimum absolute atomic E-state index is 0.00330. The summed E-state index contributed by atoms with van der Waals surface area (Å²) in [5, 5.41) is 0.140. The number of carbonyl (C=O) groups excluding carboxylic acids is 1.